The molecule has 1 N–H and O–H groups in total. The number of hydrogen-bond donors (Lipinski definition) is 1. The van der Waals surface area contributed by atoms with Gasteiger partial charge in [-0.05, 0) is 42.7 Å². The van der Waals surface area contributed by atoms with Gasteiger partial charge in [0.05, 0.1) is 17.4 Å². The van der Waals surface area contributed by atoms with Crippen LogP contribution in [0.15, 0.2) is 58.3 Å². The Morgan fingerprint density at radius 1 is 1.06 bits per heavy atom. The average molecular weight is 434 g/mol. The first-order valence-corrected chi connectivity index (χ1v) is 10.9. The van der Waals surface area contributed by atoms with Crippen LogP contribution in [0.2, 0.25) is 0 Å². The molecule has 2 heterocycles. The van der Waals surface area contributed by atoms with Gasteiger partial charge in [0, 0.05) is 24.1 Å². The molecule has 0 spiro atoms. The van der Waals surface area contributed by atoms with Crippen LogP contribution in [-0.2, 0) is 18.4 Å². The zero-order valence-corrected chi connectivity index (χ0v) is 18.5. The topological polar surface area (TPSA) is 86.2 Å². The molecule has 0 saturated heterocycles. The summed E-state index contributed by atoms with van der Waals surface area (Å²) >= 11 is 0. The van der Waals surface area contributed by atoms with E-state index < -0.39 is 23.3 Å². The summed E-state index contributed by atoms with van der Waals surface area (Å²) in [6.07, 6.45) is 3.60. The lowest BCUT2D eigenvalue weighted by molar-refractivity contribution is -0.141. The maximum atomic E-state index is 13.6. The highest BCUT2D eigenvalue weighted by molar-refractivity contribution is 5.87. The molecule has 0 aliphatic carbocycles. The number of aliphatic carboxylic acids is 1. The molecule has 0 saturated carbocycles. The van der Waals surface area contributed by atoms with E-state index in [1.807, 2.05) is 49.9 Å². The van der Waals surface area contributed by atoms with Crippen molar-refractivity contribution >= 4 is 27.8 Å². The van der Waals surface area contributed by atoms with E-state index in [-0.39, 0.29) is 13.0 Å². The number of para-hydroxylation sites is 1. The second-order valence-electron chi connectivity index (χ2n) is 8.29. The molecule has 7 heteroatoms. The van der Waals surface area contributed by atoms with Crippen LogP contribution in [0.4, 0.5) is 0 Å². The number of fused-ring (bicyclic) bond motifs is 2. The van der Waals surface area contributed by atoms with Gasteiger partial charge >= 0.3 is 11.7 Å². The number of nitrogens with zero attached hydrogens (tertiary/aromatic N) is 3. The summed E-state index contributed by atoms with van der Waals surface area (Å²) in [4.78, 5) is 38.8. The lowest BCUT2D eigenvalue weighted by Crippen LogP contribution is -2.44. The highest BCUT2D eigenvalue weighted by Crippen LogP contribution is 2.25. The quantitative estimate of drug-likeness (QED) is 0.480. The van der Waals surface area contributed by atoms with E-state index in [4.69, 9.17) is 0 Å². The molecule has 0 fully saturated rings. The first-order valence-electron chi connectivity index (χ1n) is 10.9. The highest BCUT2D eigenvalue weighted by Gasteiger charge is 2.26. The number of aromatic nitrogens is 3. The first-order chi connectivity index (χ1) is 15.3. The van der Waals surface area contributed by atoms with Crippen molar-refractivity contribution < 1.29 is 9.90 Å². The van der Waals surface area contributed by atoms with Gasteiger partial charge in [0.15, 0.2) is 0 Å². The van der Waals surface area contributed by atoms with Crippen molar-refractivity contribution in [1.29, 1.82) is 0 Å². The van der Waals surface area contributed by atoms with E-state index in [1.54, 1.807) is 24.3 Å². The molecule has 4 aromatic rings. The van der Waals surface area contributed by atoms with Crippen molar-refractivity contribution in [2.45, 2.75) is 45.7 Å². The molecule has 0 unspecified atom stereocenters. The largest absolute Gasteiger partial charge is 0.480 e. The zero-order chi connectivity index (χ0) is 23.0. The summed E-state index contributed by atoms with van der Waals surface area (Å²) < 4.78 is 4.47. The molecule has 0 aliphatic heterocycles. The number of carboxylic acid groups (broad SMARTS) is 1. The van der Waals surface area contributed by atoms with Crippen molar-refractivity contribution in [3.63, 3.8) is 0 Å². The molecule has 4 rings (SSSR count). The molecule has 0 radical (unpaired) electrons. The van der Waals surface area contributed by atoms with Crippen LogP contribution in [0.3, 0.4) is 0 Å². The number of hydrogen-bond acceptors (Lipinski definition) is 3. The van der Waals surface area contributed by atoms with Crippen molar-refractivity contribution in [3.8, 4) is 0 Å². The van der Waals surface area contributed by atoms with Crippen LogP contribution in [-0.4, -0.2) is 24.8 Å². The Morgan fingerprint density at radius 3 is 2.50 bits per heavy atom. The van der Waals surface area contributed by atoms with Gasteiger partial charge in [0.25, 0.3) is 5.56 Å². The molecular weight excluding hydrogens is 406 g/mol. The number of unbranched alkanes of at least 4 members (excludes halogenated alkanes) is 1. The summed E-state index contributed by atoms with van der Waals surface area (Å²) in [5.41, 5.74) is 2.44. The van der Waals surface area contributed by atoms with E-state index in [0.717, 1.165) is 33.0 Å². The SMILES string of the molecule is CCCC[C@H](C(=O)O)n1c(=O)c2ccccc2n(Cc2cn(C)c3cccc(C)c23)c1=O. The Hall–Kier alpha value is -3.61. The zero-order valence-electron chi connectivity index (χ0n) is 18.5. The van der Waals surface area contributed by atoms with Crippen molar-refractivity contribution in [2.24, 2.45) is 7.05 Å². The van der Waals surface area contributed by atoms with Crippen LogP contribution in [0.25, 0.3) is 21.8 Å². The van der Waals surface area contributed by atoms with E-state index in [0.29, 0.717) is 17.3 Å². The molecule has 2 aromatic heterocycles. The Bertz CT molecular complexity index is 1440. The molecule has 0 bridgehead atoms. The minimum absolute atomic E-state index is 0.229. The van der Waals surface area contributed by atoms with Gasteiger partial charge in [-0.2, -0.15) is 0 Å². The van der Waals surface area contributed by atoms with Crippen LogP contribution in [0.1, 0.15) is 43.4 Å². The average Bonchev–Trinajstić information content (AvgIpc) is 3.09. The molecule has 0 amide bonds. The molecule has 7 nitrogen and oxygen atoms in total. The Labute approximate surface area is 185 Å². The highest BCUT2D eigenvalue weighted by atomic mass is 16.4. The maximum Gasteiger partial charge on any atom is 0.332 e. The van der Waals surface area contributed by atoms with Gasteiger partial charge < -0.3 is 9.67 Å². The number of carboxylic acids is 1. The summed E-state index contributed by atoms with van der Waals surface area (Å²) in [7, 11) is 1.96. The smallest absolute Gasteiger partial charge is 0.332 e. The number of benzene rings is 2. The summed E-state index contributed by atoms with van der Waals surface area (Å²) in [6, 6.07) is 11.8. The fourth-order valence-corrected chi connectivity index (χ4v) is 4.55. The summed E-state index contributed by atoms with van der Waals surface area (Å²) in [5.74, 6) is -1.17. The van der Waals surface area contributed by atoms with Gasteiger partial charge in [-0.3, -0.25) is 9.36 Å². The predicted octanol–water partition coefficient (Wildman–Crippen LogP) is 3.83. The van der Waals surface area contributed by atoms with Gasteiger partial charge in [-0.25, -0.2) is 14.2 Å². The third kappa shape index (κ3) is 3.53. The number of rotatable bonds is 7. The maximum absolute atomic E-state index is 13.6. The summed E-state index contributed by atoms with van der Waals surface area (Å²) in [5, 5.41) is 11.2. The third-order valence-corrected chi connectivity index (χ3v) is 6.14. The van der Waals surface area contributed by atoms with Gasteiger partial charge in [0.2, 0.25) is 0 Å². The van der Waals surface area contributed by atoms with Crippen LogP contribution in [0, 0.1) is 6.92 Å². The molecule has 1 atom stereocenters. The molecular formula is C25H27N3O4. The third-order valence-electron chi connectivity index (χ3n) is 6.14. The normalized spacial score (nSPS) is 12.5. The second-order valence-corrected chi connectivity index (χ2v) is 8.29. The van der Waals surface area contributed by atoms with Gasteiger partial charge in [-0.15, -0.1) is 0 Å². The van der Waals surface area contributed by atoms with Crippen LogP contribution < -0.4 is 11.2 Å². The Kier molecular flexibility index (Phi) is 5.74. The molecule has 166 valence electrons. The van der Waals surface area contributed by atoms with Gasteiger partial charge in [-0.1, -0.05) is 44.0 Å². The molecule has 2 aromatic carbocycles. The molecule has 32 heavy (non-hydrogen) atoms. The monoisotopic (exact) mass is 433 g/mol. The first kappa shape index (κ1) is 21.6. The van der Waals surface area contributed by atoms with Crippen LogP contribution >= 0.6 is 0 Å². The van der Waals surface area contributed by atoms with Crippen molar-refractivity contribution in [2.75, 3.05) is 0 Å². The van der Waals surface area contributed by atoms with E-state index in [1.165, 1.54) is 4.57 Å². The van der Waals surface area contributed by atoms with E-state index >= 15 is 0 Å². The minimum atomic E-state index is -1.19. The van der Waals surface area contributed by atoms with Crippen LogP contribution in [0.5, 0.6) is 0 Å². The Balaban J connectivity index is 1.99. The van der Waals surface area contributed by atoms with E-state index in [9.17, 15) is 19.5 Å². The number of carbonyl (C=O) groups is 1. The lowest BCUT2D eigenvalue weighted by atomic mass is 10.1. The fourth-order valence-electron chi connectivity index (χ4n) is 4.55. The van der Waals surface area contributed by atoms with Gasteiger partial charge in [0.1, 0.15) is 6.04 Å². The minimum Gasteiger partial charge on any atom is -0.480 e. The fraction of sp³-hybridized carbons (Fsp3) is 0.320. The second kappa shape index (κ2) is 8.49. The van der Waals surface area contributed by atoms with Crippen molar-refractivity contribution in [1.82, 2.24) is 13.7 Å². The summed E-state index contributed by atoms with van der Waals surface area (Å²) in [6.45, 7) is 4.21. The standard InChI is InChI=1S/C25H27N3O4/c1-4-5-11-21(24(30)31)28-23(29)18-10-6-7-12-19(18)27(25(28)32)15-17-14-26(3)20-13-8-9-16(2)22(17)20/h6-10,12-14,21H,4-5,11,15H2,1-3H3,(H,30,31)/t21-/m1/s1. The Morgan fingerprint density at radius 2 is 1.78 bits per heavy atom. The predicted molar refractivity (Wildman–Crippen MR) is 125 cm³/mol. The number of aryl methyl sites for hydroxylation is 2. The van der Waals surface area contributed by atoms with Crippen molar-refractivity contribution in [3.05, 3.63) is 80.6 Å². The lowest BCUT2D eigenvalue weighted by Gasteiger charge is -2.19. The molecule has 0 aliphatic rings. The van der Waals surface area contributed by atoms with E-state index in [2.05, 4.69) is 0 Å².